The third-order valence-electron chi connectivity index (χ3n) is 5.64. The summed E-state index contributed by atoms with van der Waals surface area (Å²) in [7, 11) is 1.82. The van der Waals surface area contributed by atoms with Gasteiger partial charge in [-0.2, -0.15) is 5.06 Å². The van der Waals surface area contributed by atoms with Crippen LogP contribution in [0.3, 0.4) is 0 Å². The van der Waals surface area contributed by atoms with Crippen LogP contribution in [0, 0.1) is 6.92 Å². The van der Waals surface area contributed by atoms with Crippen molar-refractivity contribution in [2.75, 3.05) is 30.6 Å². The fraction of sp³-hybridized carbons (Fsp3) is 0.154. The van der Waals surface area contributed by atoms with Gasteiger partial charge in [0.25, 0.3) is 0 Å². The van der Waals surface area contributed by atoms with Gasteiger partial charge in [0.15, 0.2) is 16.7 Å². The second-order valence-electron chi connectivity index (χ2n) is 8.28. The molecule has 0 radical (unpaired) electrons. The summed E-state index contributed by atoms with van der Waals surface area (Å²) in [6, 6.07) is 17.5. The number of hydrogen-bond acceptors (Lipinski definition) is 7. The summed E-state index contributed by atoms with van der Waals surface area (Å²) in [6.07, 6.45) is 7.04. The van der Waals surface area contributed by atoms with E-state index in [2.05, 4.69) is 20.3 Å². The number of thiocarbonyl (C=S) groups is 1. The first-order valence-corrected chi connectivity index (χ1v) is 11.8. The zero-order valence-corrected chi connectivity index (χ0v) is 20.7. The maximum absolute atomic E-state index is 9.22. The highest BCUT2D eigenvalue weighted by atomic mass is 32.1. The maximum Gasteiger partial charge on any atom is 0.180 e. The van der Waals surface area contributed by atoms with E-state index in [1.54, 1.807) is 16.2 Å². The van der Waals surface area contributed by atoms with Gasteiger partial charge in [0, 0.05) is 55.4 Å². The molecule has 5 aromatic rings. The van der Waals surface area contributed by atoms with Crippen molar-refractivity contribution in [2.24, 2.45) is 0 Å². The molecular weight excluding hydrogens is 474 g/mol. The Labute approximate surface area is 213 Å². The Bertz CT molecular complexity index is 1540. The number of benzene rings is 2. The largest absolute Gasteiger partial charge is 0.395 e. The number of pyridine rings is 1. The minimum absolute atomic E-state index is 0.0152. The molecule has 0 amide bonds. The number of fused-ring (bicyclic) bond motifs is 2. The van der Waals surface area contributed by atoms with Crippen molar-refractivity contribution in [3.8, 4) is 5.75 Å². The summed E-state index contributed by atoms with van der Waals surface area (Å²) < 4.78 is 1.92. The van der Waals surface area contributed by atoms with Crippen LogP contribution in [0.4, 0.5) is 17.2 Å². The molecule has 2 N–H and O–H groups in total. The van der Waals surface area contributed by atoms with Gasteiger partial charge in [-0.3, -0.25) is 0 Å². The predicted molar refractivity (Wildman–Crippen MR) is 145 cm³/mol. The second kappa shape index (κ2) is 10.1. The van der Waals surface area contributed by atoms with Gasteiger partial charge < -0.3 is 24.6 Å². The van der Waals surface area contributed by atoms with Crippen LogP contribution in [-0.2, 0) is 0 Å². The Hall–Kier alpha value is -4.28. The fourth-order valence-electron chi connectivity index (χ4n) is 3.78. The van der Waals surface area contributed by atoms with Gasteiger partial charge in [-0.25, -0.2) is 15.0 Å². The monoisotopic (exact) mass is 499 g/mol. The van der Waals surface area contributed by atoms with E-state index in [4.69, 9.17) is 17.1 Å². The molecule has 5 rings (SSSR count). The molecule has 36 heavy (non-hydrogen) atoms. The normalized spacial score (nSPS) is 11.0. The first-order valence-electron chi connectivity index (χ1n) is 11.4. The lowest BCUT2D eigenvalue weighted by Crippen LogP contribution is -2.33. The van der Waals surface area contributed by atoms with E-state index in [0.717, 1.165) is 33.5 Å². The molecule has 182 valence electrons. The summed E-state index contributed by atoms with van der Waals surface area (Å²) in [4.78, 5) is 21.6. The van der Waals surface area contributed by atoms with E-state index in [0.29, 0.717) is 23.2 Å². The van der Waals surface area contributed by atoms with Gasteiger partial charge in [0.05, 0.1) is 17.8 Å². The highest BCUT2D eigenvalue weighted by Crippen LogP contribution is 2.33. The number of rotatable bonds is 7. The van der Waals surface area contributed by atoms with Crippen molar-refractivity contribution in [3.63, 3.8) is 0 Å². The number of anilines is 3. The van der Waals surface area contributed by atoms with Crippen LogP contribution < -0.4 is 15.2 Å². The molecule has 2 aromatic carbocycles. The molecule has 0 aliphatic rings. The Morgan fingerprint density at radius 2 is 1.97 bits per heavy atom. The van der Waals surface area contributed by atoms with Crippen LogP contribution >= 0.6 is 12.2 Å². The van der Waals surface area contributed by atoms with Gasteiger partial charge in [0.2, 0.25) is 0 Å². The summed E-state index contributed by atoms with van der Waals surface area (Å²) in [5.74, 6) is 1.19. The van der Waals surface area contributed by atoms with Gasteiger partial charge in [0.1, 0.15) is 12.0 Å². The minimum Gasteiger partial charge on any atom is -0.395 e. The van der Waals surface area contributed by atoms with Gasteiger partial charge in [-0.1, -0.05) is 12.1 Å². The Morgan fingerprint density at radius 3 is 2.81 bits per heavy atom. The van der Waals surface area contributed by atoms with Crippen molar-refractivity contribution in [2.45, 2.75) is 6.92 Å². The number of aromatic nitrogens is 4. The molecule has 3 heterocycles. The number of aliphatic hydroxyl groups is 1. The molecular formula is C26H25N7O2S. The molecule has 0 saturated carbocycles. The predicted octanol–water partition coefficient (Wildman–Crippen LogP) is 4.34. The maximum atomic E-state index is 9.22. The Morgan fingerprint density at radius 1 is 1.08 bits per heavy atom. The van der Waals surface area contributed by atoms with Crippen LogP contribution in [0.15, 0.2) is 79.5 Å². The average Bonchev–Trinajstić information content (AvgIpc) is 3.35. The van der Waals surface area contributed by atoms with Crippen molar-refractivity contribution >= 4 is 51.1 Å². The number of likely N-dealkylation sites (N-methyl/N-ethyl adjacent to an activating group) is 1. The van der Waals surface area contributed by atoms with Crippen LogP contribution in [0.2, 0.25) is 0 Å². The van der Waals surface area contributed by atoms with Crippen molar-refractivity contribution in [1.29, 1.82) is 0 Å². The third kappa shape index (κ3) is 4.90. The summed E-state index contributed by atoms with van der Waals surface area (Å²) in [5.41, 5.74) is 4.20. The Balaban J connectivity index is 1.57. The number of aryl methyl sites for hydroxylation is 1. The molecule has 0 bridgehead atoms. The molecule has 0 aliphatic carbocycles. The summed E-state index contributed by atoms with van der Waals surface area (Å²) in [6.45, 7) is 2.48. The SMILES string of the molecule is Cc1cccc(N(Oc2ccn3ccnc3c2)c2ncnc3ccc(NC(=S)N(C)CCO)cc23)c1. The van der Waals surface area contributed by atoms with E-state index >= 15 is 0 Å². The van der Waals surface area contributed by atoms with Gasteiger partial charge in [-0.15, -0.1) is 0 Å². The fourth-order valence-corrected chi connectivity index (χ4v) is 3.99. The standard InChI is InChI=1S/C26H25N7O2S/c1-18-4-3-5-20(14-18)33(35-21-8-10-32-11-9-27-24(32)16-21)25-22-15-19(6-7-23(22)28-17-29-25)30-26(36)31(2)12-13-34/h3-11,14-17,34H,12-13H2,1-2H3,(H,30,36). The van der Waals surface area contributed by atoms with E-state index in [9.17, 15) is 5.11 Å². The lowest BCUT2D eigenvalue weighted by molar-refractivity contribution is 0.265. The zero-order valence-electron chi connectivity index (χ0n) is 19.9. The number of hydrogen-bond donors (Lipinski definition) is 2. The summed E-state index contributed by atoms with van der Waals surface area (Å²) >= 11 is 5.47. The van der Waals surface area contributed by atoms with E-state index in [-0.39, 0.29) is 6.61 Å². The topological polar surface area (TPSA) is 91.0 Å². The molecule has 0 fully saturated rings. The molecule has 9 nitrogen and oxygen atoms in total. The van der Waals surface area contributed by atoms with Gasteiger partial charge in [-0.05, 0) is 55.0 Å². The molecule has 3 aromatic heterocycles. The van der Waals surface area contributed by atoms with Crippen LogP contribution in [0.25, 0.3) is 16.6 Å². The first kappa shape index (κ1) is 23.5. The molecule has 0 unspecified atom stereocenters. The number of imidazole rings is 1. The second-order valence-corrected chi connectivity index (χ2v) is 8.67. The van der Waals surface area contributed by atoms with Gasteiger partial charge >= 0.3 is 0 Å². The molecule has 0 atom stereocenters. The molecule has 0 spiro atoms. The zero-order chi connectivity index (χ0) is 25.1. The minimum atomic E-state index is 0.0152. The number of nitrogens with zero attached hydrogens (tertiary/aromatic N) is 6. The average molecular weight is 500 g/mol. The third-order valence-corrected chi connectivity index (χ3v) is 6.06. The highest BCUT2D eigenvalue weighted by Gasteiger charge is 2.19. The highest BCUT2D eigenvalue weighted by molar-refractivity contribution is 7.80. The lowest BCUT2D eigenvalue weighted by atomic mass is 10.2. The quantitative estimate of drug-likeness (QED) is 0.251. The van der Waals surface area contributed by atoms with E-state index in [1.165, 1.54) is 6.33 Å². The first-order chi connectivity index (χ1) is 17.5. The van der Waals surface area contributed by atoms with E-state index < -0.39 is 0 Å². The molecule has 10 heteroatoms. The van der Waals surface area contributed by atoms with Crippen LogP contribution in [0.5, 0.6) is 5.75 Å². The summed E-state index contributed by atoms with van der Waals surface area (Å²) in [5, 5.41) is 15.4. The van der Waals surface area contributed by atoms with Crippen molar-refractivity contribution < 1.29 is 9.94 Å². The molecule has 0 aliphatic heterocycles. The Kier molecular flexibility index (Phi) is 6.61. The van der Waals surface area contributed by atoms with Crippen LogP contribution in [-0.4, -0.2) is 54.7 Å². The smallest absolute Gasteiger partial charge is 0.180 e. The van der Waals surface area contributed by atoms with Crippen molar-refractivity contribution in [3.05, 3.63) is 85.1 Å². The van der Waals surface area contributed by atoms with E-state index in [1.807, 2.05) is 85.4 Å². The number of nitrogens with one attached hydrogen (secondary N) is 1. The van der Waals surface area contributed by atoms with Crippen molar-refractivity contribution in [1.82, 2.24) is 24.3 Å². The number of aliphatic hydroxyl groups excluding tert-OH is 1. The lowest BCUT2D eigenvalue weighted by Gasteiger charge is -2.25. The molecule has 0 saturated heterocycles. The van der Waals surface area contributed by atoms with Crippen LogP contribution in [0.1, 0.15) is 5.56 Å².